The first-order valence-corrected chi connectivity index (χ1v) is 35.6. The number of furan rings is 1. The predicted octanol–water partition coefficient (Wildman–Crippen LogP) is 23.3. The molecule has 0 N–H and O–H groups in total. The Bertz CT molecular complexity index is 6410. The molecule has 1 aliphatic carbocycles. The van der Waals surface area contributed by atoms with E-state index in [1.165, 1.54) is 10.9 Å². The maximum Gasteiger partial charge on any atom is 0.165 e. The first-order chi connectivity index (χ1) is 52.6. The Kier molecular flexibility index (Phi) is 15.1. The van der Waals surface area contributed by atoms with Gasteiger partial charge in [-0.2, -0.15) is 0 Å². The van der Waals surface area contributed by atoms with Gasteiger partial charge in [-0.15, -0.1) is 0 Å². The first-order valence-electron chi connectivity index (χ1n) is 35.6. The molecule has 1 aliphatic heterocycles. The fourth-order valence-corrected chi connectivity index (χ4v) is 15.5. The highest BCUT2D eigenvalue weighted by Gasteiger charge is 2.43. The molecule has 0 spiro atoms. The van der Waals surface area contributed by atoms with Crippen molar-refractivity contribution in [1.29, 1.82) is 0 Å². The summed E-state index contributed by atoms with van der Waals surface area (Å²) >= 11 is 0. The van der Waals surface area contributed by atoms with Gasteiger partial charge < -0.3 is 18.3 Å². The number of hydrogen-bond acceptors (Lipinski definition) is 9. The number of nitrogens with zero attached hydrogens (tertiary/aromatic N) is 9. The second-order valence-electron chi connectivity index (χ2n) is 26.6. The second kappa shape index (κ2) is 26.0. The highest BCUT2D eigenvalue weighted by molar-refractivity contribution is 6.24. The van der Waals surface area contributed by atoms with E-state index < -0.39 is 0 Å². The summed E-state index contributed by atoms with van der Waals surface area (Å²) in [5.74, 6) is 4.39. The van der Waals surface area contributed by atoms with Crippen molar-refractivity contribution in [2.24, 2.45) is 0 Å². The van der Waals surface area contributed by atoms with Crippen LogP contribution in [0.15, 0.2) is 356 Å². The summed E-state index contributed by atoms with van der Waals surface area (Å²) in [6, 6.07) is 117. The van der Waals surface area contributed by atoms with E-state index in [4.69, 9.17) is 44.0 Å². The normalized spacial score (nSPS) is 13.5. The van der Waals surface area contributed by atoms with Gasteiger partial charge in [-0.3, -0.25) is 4.98 Å². The quantitative estimate of drug-likeness (QED) is 0.125. The molecule has 11 heteroatoms. The number of para-hydroxylation sites is 4. The van der Waals surface area contributed by atoms with Gasteiger partial charge in [0.1, 0.15) is 23.0 Å². The SMILES string of the molecule is C1=CC2c3c(ccc(-c4ccccn4)c3-c3nc(-c4ccccc4)nc(-c4ccccc4)n3)OC2c2c1n(-c1ccccc1)c1ccccc21.c1ccc(-c2ccc(-c3nc(-c4ccc(-c5ccccc5)cc4)nc(-c4ccc5oc6c(ccc7c6c6ccccc6n7-c6ccccc6)c5c4)n3)cc2)cc1. The van der Waals surface area contributed by atoms with Gasteiger partial charge in [0.15, 0.2) is 34.9 Å². The summed E-state index contributed by atoms with van der Waals surface area (Å²) in [7, 11) is 0. The van der Waals surface area contributed by atoms with Crippen molar-refractivity contribution in [3.05, 3.63) is 369 Å². The monoisotopic (exact) mass is 1360 g/mol. The lowest BCUT2D eigenvalue weighted by Gasteiger charge is -2.23. The minimum absolute atomic E-state index is 0.0803. The van der Waals surface area contributed by atoms with Crippen LogP contribution in [0.5, 0.6) is 5.75 Å². The Morgan fingerprint density at radius 2 is 0.764 bits per heavy atom. The molecule has 2 atom stereocenters. The van der Waals surface area contributed by atoms with Crippen LogP contribution in [0.1, 0.15) is 28.8 Å². The molecular weight excluding hydrogens is 1300 g/mol. The van der Waals surface area contributed by atoms with Gasteiger partial charge in [0, 0.05) is 95.1 Å². The molecule has 7 heterocycles. The lowest BCUT2D eigenvalue weighted by atomic mass is 9.82. The first kappa shape index (κ1) is 61.6. The smallest absolute Gasteiger partial charge is 0.165 e. The van der Waals surface area contributed by atoms with Crippen LogP contribution < -0.4 is 4.74 Å². The van der Waals surface area contributed by atoms with Crippen molar-refractivity contribution in [1.82, 2.24) is 44.0 Å². The molecule has 11 nitrogen and oxygen atoms in total. The van der Waals surface area contributed by atoms with Crippen LogP contribution in [0.4, 0.5) is 0 Å². The van der Waals surface area contributed by atoms with E-state index in [9.17, 15) is 0 Å². The van der Waals surface area contributed by atoms with Crippen molar-refractivity contribution in [3.8, 4) is 119 Å². The van der Waals surface area contributed by atoms with E-state index in [0.29, 0.717) is 34.9 Å². The van der Waals surface area contributed by atoms with Crippen molar-refractivity contribution in [2.45, 2.75) is 12.0 Å². The molecular formula is C95H61N9O2. The van der Waals surface area contributed by atoms with E-state index >= 15 is 0 Å². The Morgan fingerprint density at radius 3 is 1.33 bits per heavy atom. The van der Waals surface area contributed by atoms with Gasteiger partial charge in [-0.25, -0.2) is 29.9 Å². The number of pyridine rings is 1. The third-order valence-electron chi connectivity index (χ3n) is 20.4. The molecule has 498 valence electrons. The molecule has 6 aromatic heterocycles. The zero-order valence-electron chi connectivity index (χ0n) is 57.1. The van der Waals surface area contributed by atoms with Crippen molar-refractivity contribution < 1.29 is 9.15 Å². The minimum atomic E-state index is -0.235. The average molecular weight is 1360 g/mol. The summed E-state index contributed by atoms with van der Waals surface area (Å²) in [5.41, 5.74) is 22.6. The van der Waals surface area contributed by atoms with Crippen LogP contribution in [-0.4, -0.2) is 44.0 Å². The van der Waals surface area contributed by atoms with Crippen molar-refractivity contribution in [2.75, 3.05) is 0 Å². The van der Waals surface area contributed by atoms with E-state index in [1.807, 2.05) is 109 Å². The number of aromatic nitrogens is 9. The highest BCUT2D eigenvalue weighted by Crippen LogP contribution is 2.57. The third kappa shape index (κ3) is 10.8. The van der Waals surface area contributed by atoms with Gasteiger partial charge >= 0.3 is 0 Å². The molecule has 19 aromatic rings. The Hall–Kier alpha value is -14.3. The molecule has 2 unspecified atom stereocenters. The molecule has 106 heavy (non-hydrogen) atoms. The van der Waals surface area contributed by atoms with Crippen LogP contribution in [0.2, 0.25) is 0 Å². The van der Waals surface area contributed by atoms with E-state index in [-0.39, 0.29) is 12.0 Å². The Morgan fingerprint density at radius 1 is 0.311 bits per heavy atom. The lowest BCUT2D eigenvalue weighted by molar-refractivity contribution is 0.224. The number of ether oxygens (including phenoxy) is 1. The summed E-state index contributed by atoms with van der Waals surface area (Å²) in [6.45, 7) is 0. The third-order valence-corrected chi connectivity index (χ3v) is 20.4. The topological polar surface area (TPSA) is 122 Å². The Labute approximate surface area is 610 Å². The molecule has 0 saturated heterocycles. The van der Waals surface area contributed by atoms with E-state index in [1.54, 1.807) is 0 Å². The average Bonchev–Trinajstić information content (AvgIpc) is 1.56. The number of rotatable bonds is 11. The fourth-order valence-electron chi connectivity index (χ4n) is 15.5. The summed E-state index contributed by atoms with van der Waals surface area (Å²) in [6.07, 6.45) is 6.15. The van der Waals surface area contributed by atoms with Gasteiger partial charge in [0.2, 0.25) is 0 Å². The minimum Gasteiger partial charge on any atom is -0.484 e. The standard InChI is InChI=1S/C51H32N4O.C44H29N5O/c1-4-12-33(13-5-1)35-20-24-37(25-21-35)49-52-50(38-26-22-36(23-27-38)34-14-6-2-7-15-34)54-51(53-49)39-28-31-46-43(32-39)41-29-30-45-47(48(41)56-46)42-18-10-11-19-44(42)55(45)40-16-8-3-9-17-40;1-4-14-28(15-5-1)42-46-43(29-16-6-2-7-17-29)48-44(47-42)40-31(34-21-12-13-27-45-34)24-26-37-39(40)33-23-25-36-38(41(33)50-37)32-20-10-11-22-35(32)49(36)30-18-8-3-9-19-30/h1-32H;1-27,33,41H. The summed E-state index contributed by atoms with van der Waals surface area (Å²) in [5, 5.41) is 5.50. The van der Waals surface area contributed by atoms with Crippen LogP contribution >= 0.6 is 0 Å². The van der Waals surface area contributed by atoms with Gasteiger partial charge in [-0.1, -0.05) is 255 Å². The largest absolute Gasteiger partial charge is 0.484 e. The maximum atomic E-state index is 7.02. The molecule has 0 fully saturated rings. The summed E-state index contributed by atoms with van der Waals surface area (Å²) < 4.78 is 18.4. The van der Waals surface area contributed by atoms with Crippen LogP contribution in [0.25, 0.3) is 174 Å². The molecule has 2 aliphatic rings. The fraction of sp³-hybridized carbons (Fsp3) is 0.0211. The van der Waals surface area contributed by atoms with Crippen molar-refractivity contribution >= 4 is 60.7 Å². The molecule has 0 bridgehead atoms. The molecule has 0 amide bonds. The number of benzene rings is 13. The van der Waals surface area contributed by atoms with E-state index in [0.717, 1.165) is 145 Å². The zero-order valence-corrected chi connectivity index (χ0v) is 57.1. The number of fused-ring (bicyclic) bond motifs is 14. The molecule has 13 aromatic carbocycles. The van der Waals surface area contributed by atoms with Gasteiger partial charge in [-0.05, 0) is 119 Å². The van der Waals surface area contributed by atoms with Gasteiger partial charge in [0.05, 0.1) is 33.3 Å². The van der Waals surface area contributed by atoms with Gasteiger partial charge in [0.25, 0.3) is 0 Å². The number of hydrogen-bond donors (Lipinski definition) is 0. The molecule has 21 rings (SSSR count). The van der Waals surface area contributed by atoms with E-state index in [2.05, 4.69) is 258 Å². The van der Waals surface area contributed by atoms with Crippen molar-refractivity contribution in [3.63, 3.8) is 0 Å². The van der Waals surface area contributed by atoms with Crippen LogP contribution in [0.3, 0.4) is 0 Å². The lowest BCUT2D eigenvalue weighted by Crippen LogP contribution is -2.14. The zero-order chi connectivity index (χ0) is 70.0. The summed E-state index contributed by atoms with van der Waals surface area (Å²) in [4.78, 5) is 35.5. The second-order valence-corrected chi connectivity index (χ2v) is 26.6. The predicted molar refractivity (Wildman–Crippen MR) is 426 cm³/mol. The highest BCUT2D eigenvalue weighted by atomic mass is 16.5. The molecule has 0 saturated carbocycles. The Balaban J connectivity index is 0.000000141. The van der Waals surface area contributed by atoms with Crippen LogP contribution in [-0.2, 0) is 0 Å². The molecule has 0 radical (unpaired) electrons. The maximum absolute atomic E-state index is 7.02. The van der Waals surface area contributed by atoms with Crippen LogP contribution in [0, 0.1) is 0 Å².